The minimum absolute atomic E-state index is 0.496. The minimum atomic E-state index is 0.496. The van der Waals surface area contributed by atoms with Gasteiger partial charge in [-0.25, -0.2) is 0 Å². The van der Waals surface area contributed by atoms with Crippen LogP contribution in [0.3, 0.4) is 0 Å². The predicted octanol–water partition coefficient (Wildman–Crippen LogP) is 2.59. The van der Waals surface area contributed by atoms with Gasteiger partial charge in [0.1, 0.15) is 6.07 Å². The molecule has 0 fully saturated rings. The average molecular weight is 187 g/mol. The number of carbonyl (C=O) groups is 1. The monoisotopic (exact) mass is 187 g/mol. The summed E-state index contributed by atoms with van der Waals surface area (Å²) in [6, 6.07) is 9.58. The van der Waals surface area contributed by atoms with E-state index in [-0.39, 0.29) is 0 Å². The number of nitrogens with zero attached hydrogens (tertiary/aromatic N) is 1. The van der Waals surface area contributed by atoms with Crippen LogP contribution in [0.4, 0.5) is 0 Å². The summed E-state index contributed by atoms with van der Waals surface area (Å²) in [4.78, 5) is 11.1. The van der Waals surface area contributed by atoms with E-state index in [1.807, 2.05) is 30.3 Å². The lowest BCUT2D eigenvalue weighted by molar-refractivity contribution is 0.112. The summed E-state index contributed by atoms with van der Waals surface area (Å²) >= 11 is 1.36. The number of aldehydes is 1. The molecule has 0 saturated carbocycles. The van der Waals surface area contributed by atoms with Gasteiger partial charge in [-0.15, -0.1) is 11.3 Å². The van der Waals surface area contributed by atoms with Crippen molar-refractivity contribution in [2.75, 3.05) is 0 Å². The first-order valence-corrected chi connectivity index (χ1v) is 4.55. The molecule has 0 aliphatic heterocycles. The third-order valence-electron chi connectivity index (χ3n) is 1.84. The van der Waals surface area contributed by atoms with Gasteiger partial charge in [-0.2, -0.15) is 5.26 Å². The van der Waals surface area contributed by atoms with Crippen molar-refractivity contribution in [1.29, 1.82) is 5.26 Å². The fraction of sp³-hybridized carbons (Fsp3) is 0. The first-order valence-electron chi connectivity index (χ1n) is 3.73. The normalized spacial score (nSPS) is 9.77. The molecule has 0 atom stereocenters. The number of hydrogen-bond donors (Lipinski definition) is 0. The van der Waals surface area contributed by atoms with Gasteiger partial charge in [-0.3, -0.25) is 4.79 Å². The average Bonchev–Trinajstić information content (AvgIpc) is 2.55. The molecule has 1 aromatic heterocycles. The molecule has 0 N–H and O–H groups in total. The molecule has 2 aromatic rings. The summed E-state index contributed by atoms with van der Waals surface area (Å²) in [5, 5.41) is 9.71. The lowest BCUT2D eigenvalue weighted by Gasteiger charge is -1.85. The number of benzene rings is 1. The molecule has 0 bridgehead atoms. The third-order valence-corrected chi connectivity index (χ3v) is 2.94. The van der Waals surface area contributed by atoms with Crippen LogP contribution >= 0.6 is 11.3 Å². The van der Waals surface area contributed by atoms with Crippen LogP contribution in [-0.4, -0.2) is 6.29 Å². The van der Waals surface area contributed by atoms with Gasteiger partial charge in [0.15, 0.2) is 6.29 Å². The SMILES string of the molecule is N#Cc1c(C=O)sc2ccccc12. The molecule has 2 nitrogen and oxygen atoms in total. The number of fused-ring (bicyclic) bond motifs is 1. The van der Waals surface area contributed by atoms with E-state index in [4.69, 9.17) is 5.26 Å². The number of hydrogen-bond acceptors (Lipinski definition) is 3. The highest BCUT2D eigenvalue weighted by molar-refractivity contribution is 7.20. The van der Waals surface area contributed by atoms with Crippen LogP contribution in [-0.2, 0) is 0 Å². The van der Waals surface area contributed by atoms with Gasteiger partial charge in [-0.05, 0) is 6.07 Å². The van der Waals surface area contributed by atoms with Crippen molar-refractivity contribution in [3.8, 4) is 6.07 Å². The van der Waals surface area contributed by atoms with Gasteiger partial charge in [0.2, 0.25) is 0 Å². The Morgan fingerprint density at radius 3 is 2.85 bits per heavy atom. The summed E-state index contributed by atoms with van der Waals surface area (Å²) in [5.74, 6) is 0. The summed E-state index contributed by atoms with van der Waals surface area (Å²) in [6.07, 6.45) is 0.739. The van der Waals surface area contributed by atoms with Gasteiger partial charge in [0.05, 0.1) is 10.4 Å². The Labute approximate surface area is 79.0 Å². The van der Waals surface area contributed by atoms with E-state index >= 15 is 0 Å². The number of thiophene rings is 1. The highest BCUT2D eigenvalue weighted by Gasteiger charge is 2.09. The maximum atomic E-state index is 10.6. The topological polar surface area (TPSA) is 40.9 Å². The van der Waals surface area contributed by atoms with Gasteiger partial charge in [0.25, 0.3) is 0 Å². The van der Waals surface area contributed by atoms with Crippen LogP contribution in [0.25, 0.3) is 10.1 Å². The lowest BCUT2D eigenvalue weighted by Crippen LogP contribution is -1.77. The molecule has 0 aliphatic rings. The molecular weight excluding hydrogens is 182 g/mol. The van der Waals surface area contributed by atoms with E-state index in [0.29, 0.717) is 10.4 Å². The zero-order valence-electron chi connectivity index (χ0n) is 6.65. The van der Waals surface area contributed by atoms with Crippen LogP contribution in [0.1, 0.15) is 15.2 Å². The third kappa shape index (κ3) is 1.12. The van der Waals surface area contributed by atoms with Gasteiger partial charge < -0.3 is 0 Å². The Balaban J connectivity index is 2.91. The quantitative estimate of drug-likeness (QED) is 0.644. The van der Waals surface area contributed by atoms with Crippen LogP contribution in [0, 0.1) is 11.3 Å². The second-order valence-corrected chi connectivity index (χ2v) is 3.65. The zero-order valence-corrected chi connectivity index (χ0v) is 7.47. The van der Waals surface area contributed by atoms with Crippen molar-refractivity contribution in [3.05, 3.63) is 34.7 Å². The standard InChI is InChI=1S/C10H5NOS/c11-5-8-7-3-1-2-4-9(7)13-10(8)6-12/h1-4,6H. The smallest absolute Gasteiger partial charge is 0.161 e. The van der Waals surface area contributed by atoms with Crippen molar-refractivity contribution in [3.63, 3.8) is 0 Å². The first kappa shape index (κ1) is 7.96. The molecule has 62 valence electrons. The molecule has 0 radical (unpaired) electrons. The van der Waals surface area contributed by atoms with E-state index in [9.17, 15) is 4.79 Å². The number of carbonyl (C=O) groups excluding carboxylic acids is 1. The van der Waals surface area contributed by atoms with Gasteiger partial charge in [-0.1, -0.05) is 18.2 Å². The van der Waals surface area contributed by atoms with Crippen molar-refractivity contribution >= 4 is 27.7 Å². The second-order valence-electron chi connectivity index (χ2n) is 2.57. The van der Waals surface area contributed by atoms with Crippen molar-refractivity contribution in [2.45, 2.75) is 0 Å². The van der Waals surface area contributed by atoms with E-state index in [2.05, 4.69) is 0 Å². The van der Waals surface area contributed by atoms with Crippen molar-refractivity contribution in [1.82, 2.24) is 0 Å². The fourth-order valence-corrected chi connectivity index (χ4v) is 2.23. The lowest BCUT2D eigenvalue weighted by atomic mass is 10.1. The van der Waals surface area contributed by atoms with Crippen LogP contribution in [0.15, 0.2) is 24.3 Å². The molecule has 1 aromatic carbocycles. The molecule has 0 amide bonds. The molecule has 3 heteroatoms. The summed E-state index contributed by atoms with van der Waals surface area (Å²) in [6.45, 7) is 0. The Morgan fingerprint density at radius 2 is 2.15 bits per heavy atom. The van der Waals surface area contributed by atoms with Crippen LogP contribution in [0.2, 0.25) is 0 Å². The van der Waals surface area contributed by atoms with E-state index in [1.54, 1.807) is 0 Å². The Morgan fingerprint density at radius 1 is 1.38 bits per heavy atom. The predicted molar refractivity (Wildman–Crippen MR) is 51.9 cm³/mol. The van der Waals surface area contributed by atoms with Gasteiger partial charge >= 0.3 is 0 Å². The second kappa shape index (κ2) is 3.00. The molecule has 0 aliphatic carbocycles. The number of rotatable bonds is 1. The Hall–Kier alpha value is -1.66. The van der Waals surface area contributed by atoms with E-state index < -0.39 is 0 Å². The van der Waals surface area contributed by atoms with Gasteiger partial charge in [0, 0.05) is 10.1 Å². The van der Waals surface area contributed by atoms with Crippen molar-refractivity contribution in [2.24, 2.45) is 0 Å². The molecule has 13 heavy (non-hydrogen) atoms. The minimum Gasteiger partial charge on any atom is -0.297 e. The highest BCUT2D eigenvalue weighted by atomic mass is 32.1. The molecule has 0 saturated heterocycles. The number of nitriles is 1. The molecular formula is C10H5NOS. The maximum absolute atomic E-state index is 10.6. The van der Waals surface area contributed by atoms with Crippen LogP contribution in [0.5, 0.6) is 0 Å². The fourth-order valence-electron chi connectivity index (χ4n) is 1.26. The zero-order chi connectivity index (χ0) is 9.26. The summed E-state index contributed by atoms with van der Waals surface area (Å²) in [7, 11) is 0. The summed E-state index contributed by atoms with van der Waals surface area (Å²) < 4.78 is 0.987. The summed E-state index contributed by atoms with van der Waals surface area (Å²) in [5.41, 5.74) is 0.496. The Kier molecular flexibility index (Phi) is 1.84. The Bertz CT molecular complexity index is 507. The first-order chi connectivity index (χ1) is 6.36. The largest absolute Gasteiger partial charge is 0.297 e. The van der Waals surface area contributed by atoms with E-state index in [0.717, 1.165) is 16.4 Å². The highest BCUT2D eigenvalue weighted by Crippen LogP contribution is 2.29. The van der Waals surface area contributed by atoms with Crippen LogP contribution < -0.4 is 0 Å². The molecule has 1 heterocycles. The maximum Gasteiger partial charge on any atom is 0.161 e. The molecule has 0 unspecified atom stereocenters. The molecule has 0 spiro atoms. The molecule has 2 rings (SSSR count). The van der Waals surface area contributed by atoms with Crippen molar-refractivity contribution < 1.29 is 4.79 Å². The van der Waals surface area contributed by atoms with E-state index in [1.165, 1.54) is 11.3 Å².